The summed E-state index contributed by atoms with van der Waals surface area (Å²) in [5, 5.41) is 10.9. The van der Waals surface area contributed by atoms with Crippen LogP contribution in [0.15, 0.2) is 48.6 Å². The lowest BCUT2D eigenvalue weighted by Crippen LogP contribution is -2.22. The molecular weight excluding hydrogens is 783 g/mol. The number of non-ortho nitro benzene ring substituents is 1. The molecule has 0 radical (unpaired) electrons. The molecular formula is C52H87NO9. The largest absolute Gasteiger partial charge is 0.513 e. The van der Waals surface area contributed by atoms with Crippen LogP contribution >= 0.6 is 0 Å². The van der Waals surface area contributed by atoms with E-state index in [1.165, 1.54) is 133 Å². The maximum Gasteiger partial charge on any atom is 0.513 e. The van der Waals surface area contributed by atoms with Gasteiger partial charge in [0.25, 0.3) is 5.69 Å². The molecule has 0 fully saturated rings. The van der Waals surface area contributed by atoms with Crippen LogP contribution < -0.4 is 4.74 Å². The van der Waals surface area contributed by atoms with E-state index in [9.17, 15) is 24.5 Å². The third-order valence-electron chi connectivity index (χ3n) is 11.3. The van der Waals surface area contributed by atoms with Crippen molar-refractivity contribution in [2.75, 3.05) is 13.2 Å². The van der Waals surface area contributed by atoms with E-state index in [-0.39, 0.29) is 55.0 Å². The van der Waals surface area contributed by atoms with E-state index in [4.69, 9.17) is 18.9 Å². The van der Waals surface area contributed by atoms with E-state index in [0.717, 1.165) is 70.6 Å². The lowest BCUT2D eigenvalue weighted by atomic mass is 10.0. The minimum absolute atomic E-state index is 0.00555. The summed E-state index contributed by atoms with van der Waals surface area (Å²) in [6.07, 6.45) is 41.9. The molecule has 0 aliphatic heterocycles. The van der Waals surface area contributed by atoms with Crippen molar-refractivity contribution < 1.29 is 38.3 Å². The van der Waals surface area contributed by atoms with Crippen LogP contribution in [0, 0.1) is 16.0 Å². The highest BCUT2D eigenvalue weighted by Gasteiger charge is 2.18. The lowest BCUT2D eigenvalue weighted by Gasteiger charge is -2.18. The number of nitro groups is 1. The number of benzene rings is 1. The van der Waals surface area contributed by atoms with E-state index < -0.39 is 11.1 Å². The van der Waals surface area contributed by atoms with Crippen molar-refractivity contribution in [3.05, 3.63) is 58.7 Å². The zero-order chi connectivity index (χ0) is 45.1. The van der Waals surface area contributed by atoms with Crippen molar-refractivity contribution >= 4 is 23.8 Å². The summed E-state index contributed by atoms with van der Waals surface area (Å²) in [6.45, 7) is 6.85. The highest BCUT2D eigenvalue weighted by atomic mass is 16.7. The molecule has 1 aromatic carbocycles. The zero-order valence-electron chi connectivity index (χ0n) is 39.4. The van der Waals surface area contributed by atoms with Crippen LogP contribution in [0.5, 0.6) is 5.75 Å². The standard InChI is InChI=1S/C52H87NO9/c1-4-7-10-13-16-17-18-19-20-21-22-23-24-25-26-30-35-46(45-60-52(56)62-49-42-40-47(41-43-49)53(57)58)44-59-50(54)38-33-29-34-39-51(55)61-48(36-31-27-14-11-8-5-2)37-32-28-15-12-9-6-3/h16-17,19-20,40-43,46,48H,4-15,18,21-39,44-45H2,1-3H3/b17-16-,20-19-. The van der Waals surface area contributed by atoms with Gasteiger partial charge in [0.05, 0.1) is 11.5 Å². The molecule has 0 aliphatic carbocycles. The summed E-state index contributed by atoms with van der Waals surface area (Å²) in [7, 11) is 0. The monoisotopic (exact) mass is 870 g/mol. The Morgan fingerprint density at radius 1 is 0.548 bits per heavy atom. The maximum atomic E-state index is 12.8. The quantitative estimate of drug-likeness (QED) is 0.0120. The summed E-state index contributed by atoms with van der Waals surface area (Å²) in [5.41, 5.74) is -0.107. The van der Waals surface area contributed by atoms with Gasteiger partial charge in [-0.05, 0) is 89.2 Å². The number of rotatable bonds is 42. The number of unbranched alkanes of at least 4 members (excludes halogenated alkanes) is 21. The number of nitro benzene ring substituents is 1. The average molecular weight is 870 g/mol. The molecule has 1 unspecified atom stereocenters. The Hall–Kier alpha value is -3.69. The van der Waals surface area contributed by atoms with Gasteiger partial charge in [0.2, 0.25) is 0 Å². The second kappa shape index (κ2) is 41.3. The van der Waals surface area contributed by atoms with Gasteiger partial charge in [0, 0.05) is 30.9 Å². The fraction of sp³-hybridized carbons (Fsp3) is 0.750. The minimum Gasteiger partial charge on any atom is -0.465 e. The predicted molar refractivity (Wildman–Crippen MR) is 252 cm³/mol. The fourth-order valence-electron chi connectivity index (χ4n) is 7.39. The molecule has 62 heavy (non-hydrogen) atoms. The topological polar surface area (TPSA) is 131 Å². The highest BCUT2D eigenvalue weighted by Crippen LogP contribution is 2.21. The maximum absolute atomic E-state index is 12.8. The Balaban J connectivity index is 2.46. The molecule has 354 valence electrons. The Labute approximate surface area is 376 Å². The summed E-state index contributed by atoms with van der Waals surface area (Å²) in [4.78, 5) is 48.4. The van der Waals surface area contributed by atoms with Crippen LogP contribution in [0.1, 0.15) is 226 Å². The molecule has 0 N–H and O–H groups in total. The van der Waals surface area contributed by atoms with Crippen molar-refractivity contribution in [2.24, 2.45) is 5.92 Å². The van der Waals surface area contributed by atoms with Gasteiger partial charge in [0.15, 0.2) is 0 Å². The predicted octanol–water partition coefficient (Wildman–Crippen LogP) is 15.8. The first-order valence-corrected chi connectivity index (χ1v) is 25.0. The summed E-state index contributed by atoms with van der Waals surface area (Å²) >= 11 is 0. The Kier molecular flexibility index (Phi) is 37.5. The first-order valence-electron chi connectivity index (χ1n) is 25.0. The van der Waals surface area contributed by atoms with Gasteiger partial charge in [-0.3, -0.25) is 19.7 Å². The van der Waals surface area contributed by atoms with Crippen molar-refractivity contribution in [1.29, 1.82) is 0 Å². The SMILES string of the molecule is CCCCC/C=C\C/C=C\CCCCCCCCC(COC(=O)CCCCCC(=O)OC(CCCCCCCC)CCCCCCCC)COC(=O)Oc1ccc([N+](=O)[O-])cc1. The van der Waals surface area contributed by atoms with Crippen molar-refractivity contribution in [2.45, 2.75) is 232 Å². The smallest absolute Gasteiger partial charge is 0.465 e. The number of carbonyl (C=O) groups is 3. The van der Waals surface area contributed by atoms with Crippen LogP contribution in [0.2, 0.25) is 0 Å². The van der Waals surface area contributed by atoms with Gasteiger partial charge < -0.3 is 18.9 Å². The molecule has 0 saturated carbocycles. The van der Waals surface area contributed by atoms with Gasteiger partial charge >= 0.3 is 18.1 Å². The molecule has 0 spiro atoms. The van der Waals surface area contributed by atoms with E-state index >= 15 is 0 Å². The highest BCUT2D eigenvalue weighted by molar-refractivity contribution is 5.70. The number of nitrogens with zero attached hydrogens (tertiary/aromatic N) is 1. The minimum atomic E-state index is -0.915. The van der Waals surface area contributed by atoms with Gasteiger partial charge in [-0.2, -0.15) is 0 Å². The third kappa shape index (κ3) is 34.8. The molecule has 0 aliphatic rings. The van der Waals surface area contributed by atoms with Gasteiger partial charge in [-0.1, -0.05) is 161 Å². The first-order chi connectivity index (χ1) is 30.3. The summed E-state index contributed by atoms with van der Waals surface area (Å²) in [5.74, 6) is -0.484. The number of allylic oxidation sites excluding steroid dienone is 4. The van der Waals surface area contributed by atoms with Gasteiger partial charge in [-0.15, -0.1) is 0 Å². The van der Waals surface area contributed by atoms with E-state index in [0.29, 0.717) is 19.3 Å². The second-order valence-electron chi connectivity index (χ2n) is 17.1. The van der Waals surface area contributed by atoms with E-state index in [1.54, 1.807) is 0 Å². The molecule has 10 heteroatoms. The number of carbonyl (C=O) groups excluding carboxylic acids is 3. The van der Waals surface area contributed by atoms with Crippen LogP contribution in [-0.2, 0) is 23.8 Å². The number of hydrogen-bond acceptors (Lipinski definition) is 9. The van der Waals surface area contributed by atoms with Crippen LogP contribution in [0.3, 0.4) is 0 Å². The molecule has 0 amide bonds. The fourth-order valence-corrected chi connectivity index (χ4v) is 7.39. The first kappa shape index (κ1) is 56.3. The van der Waals surface area contributed by atoms with Crippen LogP contribution in [-0.4, -0.2) is 42.3 Å². The number of ether oxygens (including phenoxy) is 4. The molecule has 1 atom stereocenters. The van der Waals surface area contributed by atoms with Crippen molar-refractivity contribution in [3.63, 3.8) is 0 Å². The van der Waals surface area contributed by atoms with E-state index in [2.05, 4.69) is 45.1 Å². The molecule has 1 aromatic rings. The Morgan fingerprint density at radius 3 is 1.56 bits per heavy atom. The molecule has 0 saturated heterocycles. The second-order valence-corrected chi connectivity index (χ2v) is 17.1. The number of hydrogen-bond donors (Lipinski definition) is 0. The number of esters is 2. The summed E-state index contributed by atoms with van der Waals surface area (Å²) in [6, 6.07) is 5.20. The van der Waals surface area contributed by atoms with E-state index in [1.807, 2.05) is 0 Å². The molecule has 0 bridgehead atoms. The van der Waals surface area contributed by atoms with Gasteiger partial charge in [-0.25, -0.2) is 4.79 Å². The summed E-state index contributed by atoms with van der Waals surface area (Å²) < 4.78 is 22.2. The Morgan fingerprint density at radius 2 is 1.00 bits per heavy atom. The normalized spacial score (nSPS) is 12.0. The van der Waals surface area contributed by atoms with Crippen molar-refractivity contribution in [3.8, 4) is 5.75 Å². The lowest BCUT2D eigenvalue weighted by molar-refractivity contribution is -0.384. The van der Waals surface area contributed by atoms with Crippen LogP contribution in [0.25, 0.3) is 0 Å². The molecule has 0 aromatic heterocycles. The molecule has 1 rings (SSSR count). The van der Waals surface area contributed by atoms with Crippen molar-refractivity contribution in [1.82, 2.24) is 0 Å². The molecule has 10 nitrogen and oxygen atoms in total. The average Bonchev–Trinajstić information content (AvgIpc) is 3.26. The zero-order valence-corrected chi connectivity index (χ0v) is 39.4. The molecule has 0 heterocycles. The van der Waals surface area contributed by atoms with Crippen LogP contribution in [0.4, 0.5) is 10.5 Å². The third-order valence-corrected chi connectivity index (χ3v) is 11.3. The van der Waals surface area contributed by atoms with Gasteiger partial charge in [0.1, 0.15) is 18.5 Å². The Bertz CT molecular complexity index is 1300.